The van der Waals surface area contributed by atoms with Crippen LogP contribution in [-0.4, -0.2) is 16.1 Å². The zero-order valence-electron chi connectivity index (χ0n) is 11.8. The smallest absolute Gasteiger partial charge is 0.303 e. The average Bonchev–Trinajstić information content (AvgIpc) is 2.52. The van der Waals surface area contributed by atoms with Gasteiger partial charge < -0.3 is 5.11 Å². The summed E-state index contributed by atoms with van der Waals surface area (Å²) in [6.45, 7) is 0. The minimum Gasteiger partial charge on any atom is -0.481 e. The Labute approximate surface area is 127 Å². The first-order valence-electron chi connectivity index (χ1n) is 6.98. The Morgan fingerprint density at radius 2 is 1.95 bits per heavy atom. The summed E-state index contributed by atoms with van der Waals surface area (Å²) in [5.41, 5.74) is 3.39. The van der Waals surface area contributed by atoms with Gasteiger partial charge in [0.2, 0.25) is 0 Å². The number of carboxylic acids is 1. The second-order valence-corrected chi connectivity index (χ2v) is 5.16. The van der Waals surface area contributed by atoms with Crippen molar-refractivity contribution < 1.29 is 14.3 Å². The zero-order valence-corrected chi connectivity index (χ0v) is 11.8. The van der Waals surface area contributed by atoms with Gasteiger partial charge in [0.25, 0.3) is 0 Å². The van der Waals surface area contributed by atoms with Crippen LogP contribution in [0.25, 0.3) is 22.0 Å². The first kappa shape index (κ1) is 14.2. The fourth-order valence-corrected chi connectivity index (χ4v) is 2.40. The molecule has 4 heteroatoms. The quantitative estimate of drug-likeness (QED) is 0.789. The molecule has 0 aliphatic heterocycles. The van der Waals surface area contributed by atoms with Gasteiger partial charge in [-0.1, -0.05) is 24.3 Å². The normalized spacial score (nSPS) is 10.8. The number of carboxylic acid groups (broad SMARTS) is 1. The van der Waals surface area contributed by atoms with Crippen LogP contribution in [0, 0.1) is 5.82 Å². The molecule has 1 heterocycles. The van der Waals surface area contributed by atoms with Gasteiger partial charge in [-0.25, -0.2) is 4.39 Å². The van der Waals surface area contributed by atoms with Crippen LogP contribution in [0.5, 0.6) is 0 Å². The van der Waals surface area contributed by atoms with Gasteiger partial charge in [-0.05, 0) is 41.8 Å². The number of aliphatic carboxylic acids is 1. The lowest BCUT2D eigenvalue weighted by molar-refractivity contribution is -0.136. The van der Waals surface area contributed by atoms with Crippen molar-refractivity contribution in [3.63, 3.8) is 0 Å². The highest BCUT2D eigenvalue weighted by molar-refractivity contribution is 5.84. The van der Waals surface area contributed by atoms with Gasteiger partial charge in [-0.15, -0.1) is 0 Å². The van der Waals surface area contributed by atoms with Crippen LogP contribution in [-0.2, 0) is 11.2 Å². The number of rotatable bonds is 4. The molecule has 0 unspecified atom stereocenters. The second-order valence-electron chi connectivity index (χ2n) is 5.16. The Morgan fingerprint density at radius 3 is 2.73 bits per heavy atom. The van der Waals surface area contributed by atoms with Crippen molar-refractivity contribution >= 4 is 16.9 Å². The van der Waals surface area contributed by atoms with Crippen molar-refractivity contribution in [1.82, 2.24) is 4.98 Å². The molecule has 22 heavy (non-hydrogen) atoms. The first-order chi connectivity index (χ1) is 10.6. The SMILES string of the molecule is O=C(O)CCc1ccc2cc(-c3cccc(F)c3)cnc2c1. The maximum atomic E-state index is 13.3. The lowest BCUT2D eigenvalue weighted by Crippen LogP contribution is -1.97. The number of aromatic nitrogens is 1. The van der Waals surface area contributed by atoms with Crippen molar-refractivity contribution in [2.45, 2.75) is 12.8 Å². The summed E-state index contributed by atoms with van der Waals surface area (Å²) in [6, 6.07) is 14.1. The number of hydrogen-bond donors (Lipinski definition) is 1. The standard InChI is InChI=1S/C18H14FNO2/c19-16-3-1-2-13(10-16)15-9-14-6-4-12(5-7-18(21)22)8-17(14)20-11-15/h1-4,6,8-11H,5,7H2,(H,21,22). The van der Waals surface area contributed by atoms with E-state index in [1.165, 1.54) is 12.1 Å². The predicted octanol–water partition coefficient (Wildman–Crippen LogP) is 4.06. The molecule has 0 saturated heterocycles. The van der Waals surface area contributed by atoms with E-state index in [2.05, 4.69) is 4.98 Å². The van der Waals surface area contributed by atoms with Crippen molar-refractivity contribution in [3.05, 3.63) is 66.1 Å². The molecule has 1 aromatic heterocycles. The van der Waals surface area contributed by atoms with E-state index in [0.29, 0.717) is 6.42 Å². The van der Waals surface area contributed by atoms with Crippen molar-refractivity contribution in [1.29, 1.82) is 0 Å². The van der Waals surface area contributed by atoms with Crippen LogP contribution >= 0.6 is 0 Å². The van der Waals surface area contributed by atoms with Gasteiger partial charge >= 0.3 is 5.97 Å². The summed E-state index contributed by atoms with van der Waals surface area (Å²) in [5.74, 6) is -1.09. The third-order valence-corrected chi connectivity index (χ3v) is 3.53. The summed E-state index contributed by atoms with van der Waals surface area (Å²) in [7, 11) is 0. The Hall–Kier alpha value is -2.75. The summed E-state index contributed by atoms with van der Waals surface area (Å²) in [4.78, 5) is 15.0. The zero-order chi connectivity index (χ0) is 15.5. The topological polar surface area (TPSA) is 50.2 Å². The van der Waals surface area contributed by atoms with Crippen LogP contribution in [0.3, 0.4) is 0 Å². The number of fused-ring (bicyclic) bond motifs is 1. The molecule has 3 aromatic rings. The fraction of sp³-hybridized carbons (Fsp3) is 0.111. The molecule has 2 aromatic carbocycles. The maximum absolute atomic E-state index is 13.3. The molecule has 0 atom stereocenters. The van der Waals surface area contributed by atoms with E-state index >= 15 is 0 Å². The van der Waals surface area contributed by atoms with E-state index in [9.17, 15) is 9.18 Å². The van der Waals surface area contributed by atoms with E-state index in [1.807, 2.05) is 30.3 Å². The van der Waals surface area contributed by atoms with Gasteiger partial charge in [0.15, 0.2) is 0 Å². The summed E-state index contributed by atoms with van der Waals surface area (Å²) in [5, 5.41) is 9.67. The molecule has 0 saturated carbocycles. The lowest BCUT2D eigenvalue weighted by Gasteiger charge is -2.05. The molecule has 0 amide bonds. The van der Waals surface area contributed by atoms with Crippen molar-refractivity contribution in [3.8, 4) is 11.1 Å². The van der Waals surface area contributed by atoms with Crippen LogP contribution in [0.4, 0.5) is 4.39 Å². The summed E-state index contributed by atoms with van der Waals surface area (Å²) >= 11 is 0. The number of halogens is 1. The van der Waals surface area contributed by atoms with Crippen molar-refractivity contribution in [2.24, 2.45) is 0 Å². The van der Waals surface area contributed by atoms with Crippen LogP contribution < -0.4 is 0 Å². The Kier molecular flexibility index (Phi) is 3.83. The van der Waals surface area contributed by atoms with Crippen LogP contribution in [0.2, 0.25) is 0 Å². The van der Waals surface area contributed by atoms with Crippen LogP contribution in [0.1, 0.15) is 12.0 Å². The largest absolute Gasteiger partial charge is 0.481 e. The maximum Gasteiger partial charge on any atom is 0.303 e. The Balaban J connectivity index is 1.94. The lowest BCUT2D eigenvalue weighted by atomic mass is 10.0. The molecule has 110 valence electrons. The van der Waals surface area contributed by atoms with Gasteiger partial charge in [0, 0.05) is 23.6 Å². The summed E-state index contributed by atoms with van der Waals surface area (Å²) < 4.78 is 13.3. The monoisotopic (exact) mass is 295 g/mol. The highest BCUT2D eigenvalue weighted by Gasteiger charge is 2.04. The molecular weight excluding hydrogens is 281 g/mol. The number of aryl methyl sites for hydroxylation is 1. The van der Waals surface area contributed by atoms with Gasteiger partial charge in [-0.3, -0.25) is 9.78 Å². The molecule has 0 radical (unpaired) electrons. The highest BCUT2D eigenvalue weighted by atomic mass is 19.1. The molecule has 0 spiro atoms. The molecule has 0 bridgehead atoms. The molecule has 0 aliphatic carbocycles. The minimum atomic E-state index is -0.811. The summed E-state index contributed by atoms with van der Waals surface area (Å²) in [6.07, 6.45) is 2.30. The fourth-order valence-electron chi connectivity index (χ4n) is 2.40. The van der Waals surface area contributed by atoms with Gasteiger partial charge in [-0.2, -0.15) is 0 Å². The number of carbonyl (C=O) groups is 1. The van der Waals surface area contributed by atoms with Gasteiger partial charge in [0.05, 0.1) is 5.52 Å². The molecule has 3 nitrogen and oxygen atoms in total. The van der Waals surface area contributed by atoms with Gasteiger partial charge in [0.1, 0.15) is 5.82 Å². The third kappa shape index (κ3) is 3.11. The van der Waals surface area contributed by atoms with E-state index in [0.717, 1.165) is 27.6 Å². The number of benzene rings is 2. The Bertz CT molecular complexity index is 845. The number of hydrogen-bond acceptors (Lipinski definition) is 2. The third-order valence-electron chi connectivity index (χ3n) is 3.53. The van der Waals surface area contributed by atoms with Crippen LogP contribution in [0.15, 0.2) is 54.7 Å². The molecule has 3 rings (SSSR count). The van der Waals surface area contributed by atoms with Crippen molar-refractivity contribution in [2.75, 3.05) is 0 Å². The molecular formula is C18H14FNO2. The number of pyridine rings is 1. The molecule has 0 fully saturated rings. The van der Waals surface area contributed by atoms with E-state index in [1.54, 1.807) is 12.3 Å². The minimum absolute atomic E-state index is 0.104. The first-order valence-corrected chi connectivity index (χ1v) is 6.98. The average molecular weight is 295 g/mol. The Morgan fingerprint density at radius 1 is 1.09 bits per heavy atom. The number of nitrogens with zero attached hydrogens (tertiary/aromatic N) is 1. The predicted molar refractivity (Wildman–Crippen MR) is 83.1 cm³/mol. The molecule has 0 aliphatic rings. The van der Waals surface area contributed by atoms with E-state index < -0.39 is 5.97 Å². The van der Waals surface area contributed by atoms with E-state index in [4.69, 9.17) is 5.11 Å². The van der Waals surface area contributed by atoms with E-state index in [-0.39, 0.29) is 12.2 Å². The highest BCUT2D eigenvalue weighted by Crippen LogP contribution is 2.24. The molecule has 1 N–H and O–H groups in total. The second kappa shape index (κ2) is 5.93.